The van der Waals surface area contributed by atoms with E-state index in [1.807, 2.05) is 13.8 Å². The highest BCUT2D eigenvalue weighted by Gasteiger charge is 2.70. The summed E-state index contributed by atoms with van der Waals surface area (Å²) in [4.78, 5) is 27.3. The van der Waals surface area contributed by atoms with Gasteiger partial charge in [-0.05, 0) is 108 Å². The predicted octanol–water partition coefficient (Wildman–Crippen LogP) is 8.24. The van der Waals surface area contributed by atoms with Gasteiger partial charge in [-0.15, -0.1) is 0 Å². The minimum absolute atomic E-state index is 0.00143. The van der Waals surface area contributed by atoms with Crippen molar-refractivity contribution in [2.24, 2.45) is 50.7 Å². The molecule has 5 aliphatic carbocycles. The average molecular weight is 551 g/mol. The molecule has 5 rings (SSSR count). The van der Waals surface area contributed by atoms with Crippen LogP contribution < -0.4 is 0 Å². The Morgan fingerprint density at radius 3 is 2.21 bits per heavy atom. The SMILES string of the molecule is CC(C)C1=C2[C@H]3CC[C@@H]4[C@@]5(C)CC[C@H](O)C(C)(C)[C@@H]5CC[C@@]4(C)[C@]3(C)CC[C@@]2(C(=O)CCC(F)(F)F)CC1=O. The molecule has 0 saturated heterocycles. The van der Waals surface area contributed by atoms with Gasteiger partial charge in [-0.3, -0.25) is 9.59 Å². The second kappa shape index (κ2) is 8.91. The zero-order chi connectivity index (χ0) is 29.0. The first-order valence-corrected chi connectivity index (χ1v) is 15.4. The van der Waals surface area contributed by atoms with Crippen LogP contribution in [-0.4, -0.2) is 29.0 Å². The summed E-state index contributed by atoms with van der Waals surface area (Å²) in [5.74, 6) is 0.532. The lowest BCUT2D eigenvalue weighted by Crippen LogP contribution is -2.65. The maximum absolute atomic E-state index is 13.7. The average Bonchev–Trinajstić information content (AvgIpc) is 3.13. The van der Waals surface area contributed by atoms with Crippen LogP contribution in [0.4, 0.5) is 13.2 Å². The van der Waals surface area contributed by atoms with Gasteiger partial charge in [0.15, 0.2) is 5.78 Å². The van der Waals surface area contributed by atoms with Crippen LogP contribution >= 0.6 is 0 Å². The normalized spacial score (nSPS) is 45.5. The molecule has 0 aromatic heterocycles. The fourth-order valence-electron chi connectivity index (χ4n) is 11.5. The molecule has 5 aliphatic rings. The Labute approximate surface area is 232 Å². The predicted molar refractivity (Wildman–Crippen MR) is 146 cm³/mol. The third-order valence-electron chi connectivity index (χ3n) is 13.6. The molecule has 4 fully saturated rings. The quantitative estimate of drug-likeness (QED) is 0.384. The molecule has 0 aliphatic heterocycles. The van der Waals surface area contributed by atoms with E-state index in [9.17, 15) is 27.9 Å². The fourth-order valence-corrected chi connectivity index (χ4v) is 11.5. The number of alkyl halides is 3. The van der Waals surface area contributed by atoms with Crippen molar-refractivity contribution in [3.05, 3.63) is 11.1 Å². The third-order valence-corrected chi connectivity index (χ3v) is 13.6. The molecular formula is C33H49F3O3. The molecule has 0 spiro atoms. The van der Waals surface area contributed by atoms with Crippen molar-refractivity contribution in [2.45, 2.75) is 131 Å². The highest BCUT2D eigenvalue weighted by molar-refractivity contribution is 6.07. The van der Waals surface area contributed by atoms with Crippen LogP contribution in [-0.2, 0) is 9.59 Å². The molecule has 0 amide bonds. The lowest BCUT2D eigenvalue weighted by atomic mass is 9.33. The molecule has 1 N–H and O–H groups in total. The van der Waals surface area contributed by atoms with E-state index < -0.39 is 24.4 Å². The lowest BCUT2D eigenvalue weighted by Gasteiger charge is -2.72. The smallest absolute Gasteiger partial charge is 0.389 e. The largest absolute Gasteiger partial charge is 0.393 e. The van der Waals surface area contributed by atoms with Crippen LogP contribution in [0.3, 0.4) is 0 Å². The zero-order valence-corrected chi connectivity index (χ0v) is 25.1. The molecule has 0 aromatic rings. The standard InChI is InChI=1S/C33H49F3O3/c1-19(2)26-21(37)18-32(25(39)12-15-33(34,35)36)17-16-30(6)20(27(26)32)8-9-23-29(5)13-11-24(38)28(3,4)22(29)10-14-31(23,30)7/h19-20,22-24,38H,8-18H2,1-7H3/t20-,22+,23-,24+,29+,30-,31-,32+/m1/s1. The summed E-state index contributed by atoms with van der Waals surface area (Å²) < 4.78 is 39.5. The Morgan fingerprint density at radius 1 is 0.923 bits per heavy atom. The summed E-state index contributed by atoms with van der Waals surface area (Å²) in [5.41, 5.74) is 0.489. The number of aliphatic hydroxyl groups is 1. The third kappa shape index (κ3) is 3.91. The van der Waals surface area contributed by atoms with Crippen molar-refractivity contribution in [3.8, 4) is 0 Å². The molecule has 0 radical (unpaired) electrons. The molecule has 6 heteroatoms. The Bertz CT molecular complexity index is 1090. The van der Waals surface area contributed by atoms with Crippen molar-refractivity contribution < 1.29 is 27.9 Å². The molecule has 8 atom stereocenters. The van der Waals surface area contributed by atoms with Crippen LogP contribution in [0.25, 0.3) is 0 Å². The lowest BCUT2D eigenvalue weighted by molar-refractivity contribution is -0.228. The molecule has 4 saturated carbocycles. The summed E-state index contributed by atoms with van der Waals surface area (Å²) in [7, 11) is 0. The molecule has 0 bridgehead atoms. The first kappa shape index (κ1) is 29.3. The first-order chi connectivity index (χ1) is 17.9. The van der Waals surface area contributed by atoms with Crippen LogP contribution in [0.1, 0.15) is 119 Å². The summed E-state index contributed by atoms with van der Waals surface area (Å²) in [6, 6.07) is 0. The van der Waals surface area contributed by atoms with Crippen molar-refractivity contribution in [3.63, 3.8) is 0 Å². The summed E-state index contributed by atoms with van der Waals surface area (Å²) in [6.07, 6.45) is 0.833. The van der Waals surface area contributed by atoms with Gasteiger partial charge >= 0.3 is 6.18 Å². The maximum atomic E-state index is 13.7. The molecule has 0 unspecified atom stereocenters. The molecule has 3 nitrogen and oxygen atoms in total. The van der Waals surface area contributed by atoms with E-state index in [0.29, 0.717) is 18.3 Å². The fraction of sp³-hybridized carbons (Fsp3) is 0.879. The highest BCUT2D eigenvalue weighted by Crippen LogP contribution is 2.76. The van der Waals surface area contributed by atoms with E-state index in [2.05, 4.69) is 34.6 Å². The Hall–Kier alpha value is -1.17. The van der Waals surface area contributed by atoms with E-state index >= 15 is 0 Å². The van der Waals surface area contributed by atoms with E-state index in [1.54, 1.807) is 0 Å². The number of ketones is 2. The number of carbonyl (C=O) groups is 2. The summed E-state index contributed by atoms with van der Waals surface area (Å²) in [5, 5.41) is 10.9. The van der Waals surface area contributed by atoms with Gasteiger partial charge in [-0.25, -0.2) is 0 Å². The number of rotatable bonds is 4. The number of carbonyl (C=O) groups excluding carboxylic acids is 2. The van der Waals surface area contributed by atoms with Crippen LogP contribution in [0.2, 0.25) is 0 Å². The Kier molecular flexibility index (Phi) is 6.70. The van der Waals surface area contributed by atoms with Gasteiger partial charge in [0.25, 0.3) is 0 Å². The van der Waals surface area contributed by atoms with Gasteiger partial charge in [-0.1, -0.05) is 48.5 Å². The summed E-state index contributed by atoms with van der Waals surface area (Å²) >= 11 is 0. The number of aliphatic hydroxyl groups excluding tert-OH is 1. The second-order valence-electron chi connectivity index (χ2n) is 15.7. The van der Waals surface area contributed by atoms with Crippen LogP contribution in [0, 0.1) is 50.7 Å². The number of Topliss-reactive ketones (excluding diaryl/α,β-unsaturated/α-hetero) is 2. The van der Waals surface area contributed by atoms with E-state index in [1.165, 1.54) is 0 Å². The minimum atomic E-state index is -4.39. The number of fused-ring (bicyclic) bond motifs is 7. The Balaban J connectivity index is 1.57. The van der Waals surface area contributed by atoms with Crippen molar-refractivity contribution >= 4 is 11.6 Å². The van der Waals surface area contributed by atoms with E-state index in [-0.39, 0.29) is 57.6 Å². The number of allylic oxidation sites excluding steroid dienone is 2. The van der Waals surface area contributed by atoms with Crippen molar-refractivity contribution in [1.29, 1.82) is 0 Å². The van der Waals surface area contributed by atoms with Crippen LogP contribution in [0.5, 0.6) is 0 Å². The summed E-state index contributed by atoms with van der Waals surface area (Å²) in [6.45, 7) is 15.8. The topological polar surface area (TPSA) is 54.4 Å². The molecule has 39 heavy (non-hydrogen) atoms. The van der Waals surface area contributed by atoms with Crippen molar-refractivity contribution in [1.82, 2.24) is 0 Å². The second-order valence-corrected chi connectivity index (χ2v) is 15.7. The van der Waals surface area contributed by atoms with Gasteiger partial charge in [0.1, 0.15) is 5.78 Å². The van der Waals surface area contributed by atoms with Gasteiger partial charge in [-0.2, -0.15) is 13.2 Å². The van der Waals surface area contributed by atoms with Gasteiger partial charge in [0.05, 0.1) is 17.9 Å². The monoisotopic (exact) mass is 550 g/mol. The zero-order valence-electron chi connectivity index (χ0n) is 25.1. The number of hydrogen-bond acceptors (Lipinski definition) is 3. The minimum Gasteiger partial charge on any atom is -0.393 e. The molecular weight excluding hydrogens is 501 g/mol. The van der Waals surface area contributed by atoms with E-state index in [4.69, 9.17) is 0 Å². The molecule has 0 heterocycles. The van der Waals surface area contributed by atoms with Crippen molar-refractivity contribution in [2.75, 3.05) is 0 Å². The molecule has 220 valence electrons. The first-order valence-electron chi connectivity index (χ1n) is 15.4. The highest BCUT2D eigenvalue weighted by atomic mass is 19.4. The number of hydrogen-bond donors (Lipinski definition) is 1. The number of halogens is 3. The van der Waals surface area contributed by atoms with Gasteiger partial charge in [0.2, 0.25) is 0 Å². The van der Waals surface area contributed by atoms with Gasteiger partial charge < -0.3 is 5.11 Å². The molecule has 0 aromatic carbocycles. The van der Waals surface area contributed by atoms with Gasteiger partial charge in [0, 0.05) is 12.8 Å². The maximum Gasteiger partial charge on any atom is 0.389 e. The van der Waals surface area contributed by atoms with Crippen LogP contribution in [0.15, 0.2) is 11.1 Å². The van der Waals surface area contributed by atoms with E-state index in [0.717, 1.165) is 56.1 Å². The Morgan fingerprint density at radius 2 is 1.59 bits per heavy atom.